The van der Waals surface area contributed by atoms with Gasteiger partial charge in [0.1, 0.15) is 0 Å². The SMILES string of the molecule is C1CCC(P(C2CCCCC2)C2CCCCC2)CC1.C1CCC(P(C2CCCCC2)C2CCCCC2)CC1.CC(=O)/C=C(/C)O.[C-]#Cc1ccccc1.[Rh]. The Bertz CT molecular complexity index is 1020. The number of carbonyl (C=O) groups is 1. The molecule has 1 radical (unpaired) electrons. The van der Waals surface area contributed by atoms with Crippen molar-refractivity contribution < 1.29 is 29.4 Å². The third kappa shape index (κ3) is 17.9. The standard InChI is InChI=1S/2C18H33P.C8H5.C5H8O2.Rh/c2*1-4-10-16(11-5-1)19(17-12-6-2-7-13-17)18-14-8-3-9-15-18;1-2-8-6-4-3-5-7-8;1-4(6)3-5(2)7;/h2*16-18H,1-15H2;3-7H;3,6H,1-2H3;/q;;-1;;/b;;;4-3-;. The number of allylic oxidation sites excluding steroid dienone is 2. The summed E-state index contributed by atoms with van der Waals surface area (Å²) in [5.41, 5.74) is 7.96. The van der Waals surface area contributed by atoms with Crippen LogP contribution in [0.25, 0.3) is 0 Å². The Hall–Kier alpha value is -0.527. The van der Waals surface area contributed by atoms with E-state index in [0.29, 0.717) is 15.8 Å². The fraction of sp³-hybridized carbons (Fsp3) is 0.776. The molecule has 0 unspecified atom stereocenters. The van der Waals surface area contributed by atoms with Crippen molar-refractivity contribution in [2.45, 2.75) is 240 Å². The largest absolute Gasteiger partial charge is 0.512 e. The van der Waals surface area contributed by atoms with E-state index in [1.807, 2.05) is 30.3 Å². The normalized spacial score (nSPS) is 23.0. The summed E-state index contributed by atoms with van der Waals surface area (Å²) in [5.74, 6) is 2.21. The minimum absolute atomic E-state index is 0. The van der Waals surface area contributed by atoms with E-state index in [9.17, 15) is 4.79 Å². The van der Waals surface area contributed by atoms with Crippen molar-refractivity contribution in [3.8, 4) is 5.92 Å². The van der Waals surface area contributed by atoms with Gasteiger partial charge in [0.2, 0.25) is 0 Å². The Morgan fingerprint density at radius 2 is 0.759 bits per heavy atom. The van der Waals surface area contributed by atoms with Gasteiger partial charge >= 0.3 is 0 Å². The van der Waals surface area contributed by atoms with Gasteiger partial charge in [-0.2, -0.15) is 0 Å². The predicted octanol–water partition coefficient (Wildman–Crippen LogP) is 15.6. The monoisotopic (exact) mass is 864 g/mol. The number of rotatable bonds is 7. The molecule has 6 saturated carbocycles. The van der Waals surface area contributed by atoms with E-state index in [1.54, 1.807) is 154 Å². The fourth-order valence-corrected chi connectivity index (χ4v) is 20.2. The summed E-state index contributed by atoms with van der Waals surface area (Å²) in [6, 6.07) is 9.37. The van der Waals surface area contributed by atoms with Gasteiger partial charge in [0.15, 0.2) is 5.78 Å². The number of carbonyl (C=O) groups excluding carboxylic acids is 1. The van der Waals surface area contributed by atoms with Crippen molar-refractivity contribution >= 4 is 21.6 Å². The van der Waals surface area contributed by atoms with E-state index in [0.717, 1.165) is 5.56 Å². The molecule has 0 amide bonds. The van der Waals surface area contributed by atoms with E-state index in [4.69, 9.17) is 11.5 Å². The quantitative estimate of drug-likeness (QED) is 0.0740. The van der Waals surface area contributed by atoms with E-state index < -0.39 is 0 Å². The Kier molecular flexibility index (Phi) is 25.5. The number of benzene rings is 1. The molecule has 0 aliphatic heterocycles. The second kappa shape index (κ2) is 28.8. The second-order valence-corrected chi connectivity index (χ2v) is 23.7. The van der Waals surface area contributed by atoms with Crippen molar-refractivity contribution in [3.05, 3.63) is 54.2 Å². The molecule has 2 nitrogen and oxygen atoms in total. The molecule has 0 bridgehead atoms. The summed E-state index contributed by atoms with van der Waals surface area (Å²) in [5, 5.41) is 8.36. The van der Waals surface area contributed by atoms with E-state index >= 15 is 0 Å². The Morgan fingerprint density at radius 3 is 0.907 bits per heavy atom. The molecule has 1 N–H and O–H groups in total. The maximum absolute atomic E-state index is 10.0. The van der Waals surface area contributed by atoms with Crippen LogP contribution in [0, 0.1) is 12.3 Å². The zero-order valence-corrected chi connectivity index (χ0v) is 38.2. The molecular weight excluding hydrogens is 785 g/mol. The summed E-state index contributed by atoms with van der Waals surface area (Å²) in [7, 11) is 0.770. The van der Waals surface area contributed by atoms with Gasteiger partial charge in [-0.25, -0.2) is 0 Å². The first-order chi connectivity index (χ1) is 26.0. The van der Waals surface area contributed by atoms with Crippen LogP contribution in [0.1, 0.15) is 212 Å². The number of aliphatic hydroxyl groups excluding tert-OH is 1. The van der Waals surface area contributed by atoms with Gasteiger partial charge in [-0.3, -0.25) is 10.7 Å². The summed E-state index contributed by atoms with van der Waals surface area (Å²) in [4.78, 5) is 10.0. The Balaban J connectivity index is 0.000000210. The smallest absolute Gasteiger partial charge is 0.155 e. The topological polar surface area (TPSA) is 37.3 Å². The van der Waals surface area contributed by atoms with Gasteiger partial charge in [-0.05, 0) is 125 Å². The number of ketones is 1. The molecule has 1 aromatic rings. The first-order valence-corrected chi connectivity index (χ1v) is 26.0. The molecular formula is C49H79O2P2Rh-. The van der Waals surface area contributed by atoms with Crippen LogP contribution in [0.5, 0.6) is 0 Å². The predicted molar refractivity (Wildman–Crippen MR) is 235 cm³/mol. The maximum Gasteiger partial charge on any atom is 0.155 e. The Morgan fingerprint density at radius 1 is 0.519 bits per heavy atom. The second-order valence-electron chi connectivity index (χ2n) is 17.5. The van der Waals surface area contributed by atoms with Gasteiger partial charge in [-0.1, -0.05) is 150 Å². The van der Waals surface area contributed by atoms with E-state index in [2.05, 4.69) is 5.92 Å². The van der Waals surface area contributed by atoms with Gasteiger partial charge < -0.3 is 11.5 Å². The summed E-state index contributed by atoms with van der Waals surface area (Å²) in [6.45, 7) is 2.85. The molecule has 0 saturated heterocycles. The summed E-state index contributed by atoms with van der Waals surface area (Å²) in [6.07, 6.45) is 55.1. The summed E-state index contributed by atoms with van der Waals surface area (Å²) >= 11 is 0. The van der Waals surface area contributed by atoms with Crippen molar-refractivity contribution in [1.82, 2.24) is 0 Å². The van der Waals surface area contributed by atoms with Crippen LogP contribution in [0.15, 0.2) is 42.2 Å². The maximum atomic E-state index is 10.0. The van der Waals surface area contributed by atoms with Crippen molar-refractivity contribution in [2.24, 2.45) is 0 Å². The summed E-state index contributed by atoms with van der Waals surface area (Å²) < 4.78 is 0. The molecule has 6 fully saturated rings. The van der Waals surface area contributed by atoms with Crippen LogP contribution in [0.2, 0.25) is 0 Å². The van der Waals surface area contributed by atoms with Crippen LogP contribution >= 0.6 is 15.8 Å². The molecule has 0 atom stereocenters. The zero-order valence-electron chi connectivity index (χ0n) is 34.7. The van der Waals surface area contributed by atoms with Crippen LogP contribution in [0.4, 0.5) is 0 Å². The minimum Gasteiger partial charge on any atom is -0.512 e. The third-order valence-electron chi connectivity index (χ3n) is 13.3. The van der Waals surface area contributed by atoms with Crippen LogP contribution < -0.4 is 0 Å². The molecule has 0 aromatic heterocycles. The molecule has 0 spiro atoms. The molecule has 7 rings (SSSR count). The average Bonchev–Trinajstić information content (AvgIpc) is 3.21. The van der Waals surface area contributed by atoms with Crippen LogP contribution in [-0.4, -0.2) is 44.8 Å². The zero-order chi connectivity index (χ0) is 37.5. The van der Waals surface area contributed by atoms with Gasteiger partial charge in [0.25, 0.3) is 0 Å². The number of hydrogen-bond acceptors (Lipinski definition) is 2. The molecule has 54 heavy (non-hydrogen) atoms. The molecule has 1 aromatic carbocycles. The van der Waals surface area contributed by atoms with E-state index in [1.165, 1.54) is 92.4 Å². The molecule has 6 aliphatic carbocycles. The van der Waals surface area contributed by atoms with Crippen molar-refractivity contribution in [2.75, 3.05) is 0 Å². The molecule has 307 valence electrons. The van der Waals surface area contributed by atoms with Crippen molar-refractivity contribution in [3.63, 3.8) is 0 Å². The average molecular weight is 865 g/mol. The van der Waals surface area contributed by atoms with Gasteiger partial charge in [0, 0.05) is 25.6 Å². The minimum atomic E-state index is -0.125. The van der Waals surface area contributed by atoms with E-state index in [-0.39, 0.29) is 31.0 Å². The molecule has 5 heteroatoms. The van der Waals surface area contributed by atoms with Crippen molar-refractivity contribution in [1.29, 1.82) is 0 Å². The number of aliphatic hydroxyl groups is 1. The van der Waals surface area contributed by atoms with Gasteiger partial charge in [-0.15, -0.1) is 17.7 Å². The Labute approximate surface area is 349 Å². The van der Waals surface area contributed by atoms with Crippen LogP contribution in [0.3, 0.4) is 0 Å². The molecule has 6 aliphatic rings. The third-order valence-corrected chi connectivity index (χ3v) is 21.5. The van der Waals surface area contributed by atoms with Gasteiger partial charge in [0.05, 0.1) is 5.76 Å². The molecule has 0 heterocycles. The number of hydrogen-bond donors (Lipinski definition) is 1. The van der Waals surface area contributed by atoms with Crippen LogP contribution in [-0.2, 0) is 24.3 Å². The first-order valence-electron chi connectivity index (χ1n) is 22.9. The fourth-order valence-electron chi connectivity index (χ4n) is 10.9. The first kappa shape index (κ1) is 47.8.